The van der Waals surface area contributed by atoms with Gasteiger partial charge >= 0.3 is 6.18 Å². The molecule has 0 N–H and O–H groups in total. The first-order valence-electron chi connectivity index (χ1n) is 11.6. The van der Waals surface area contributed by atoms with Crippen molar-refractivity contribution in [1.82, 2.24) is 19.5 Å². The lowest BCUT2D eigenvalue weighted by atomic mass is 9.89. The number of pyridine rings is 2. The highest BCUT2D eigenvalue weighted by atomic mass is 19.4. The van der Waals surface area contributed by atoms with Crippen LogP contribution in [0.25, 0.3) is 11.2 Å². The van der Waals surface area contributed by atoms with Crippen LogP contribution in [0, 0.1) is 12.9 Å². The molecule has 0 amide bonds. The Labute approximate surface area is 204 Å². The summed E-state index contributed by atoms with van der Waals surface area (Å²) in [7, 11) is 0. The Morgan fingerprint density at radius 3 is 2.44 bits per heavy atom. The smallest absolute Gasteiger partial charge is 0.368 e. The molecule has 1 aliphatic rings. The minimum absolute atomic E-state index is 0.0199. The van der Waals surface area contributed by atoms with Crippen LogP contribution in [0.4, 0.5) is 23.2 Å². The van der Waals surface area contributed by atoms with E-state index in [9.17, 15) is 22.4 Å². The van der Waals surface area contributed by atoms with Crippen LogP contribution in [0.2, 0.25) is 0 Å². The van der Waals surface area contributed by atoms with Gasteiger partial charge in [0.2, 0.25) is 5.95 Å². The molecule has 6 nitrogen and oxygen atoms in total. The van der Waals surface area contributed by atoms with Crippen LogP contribution in [0.1, 0.15) is 41.0 Å². The molecule has 1 aromatic carbocycles. The van der Waals surface area contributed by atoms with Crippen molar-refractivity contribution in [3.63, 3.8) is 0 Å². The zero-order chi connectivity index (χ0) is 25.4. The third-order valence-corrected chi connectivity index (χ3v) is 6.73. The molecule has 0 saturated carbocycles. The van der Waals surface area contributed by atoms with Crippen LogP contribution in [0.3, 0.4) is 0 Å². The van der Waals surface area contributed by atoms with Crippen molar-refractivity contribution in [2.45, 2.75) is 38.4 Å². The van der Waals surface area contributed by atoms with Crippen molar-refractivity contribution in [2.24, 2.45) is 0 Å². The summed E-state index contributed by atoms with van der Waals surface area (Å²) in [5, 5.41) is 0. The molecule has 4 heterocycles. The van der Waals surface area contributed by atoms with E-state index in [1.807, 2.05) is 11.8 Å². The van der Waals surface area contributed by atoms with Gasteiger partial charge in [-0.15, -0.1) is 0 Å². The molecular formula is C26H23F4N5O. The molecule has 0 atom stereocenters. The zero-order valence-electron chi connectivity index (χ0n) is 19.5. The lowest BCUT2D eigenvalue weighted by molar-refractivity contribution is -0.138. The van der Waals surface area contributed by atoms with Crippen molar-refractivity contribution < 1.29 is 17.6 Å². The number of aryl methyl sites for hydroxylation is 1. The van der Waals surface area contributed by atoms with Crippen molar-refractivity contribution in [3.05, 3.63) is 93.5 Å². The summed E-state index contributed by atoms with van der Waals surface area (Å²) in [5.74, 6) is -0.676. The summed E-state index contributed by atoms with van der Waals surface area (Å²) < 4.78 is 56.5. The molecule has 36 heavy (non-hydrogen) atoms. The number of halogens is 4. The third kappa shape index (κ3) is 4.43. The van der Waals surface area contributed by atoms with Crippen molar-refractivity contribution in [2.75, 3.05) is 18.0 Å². The van der Waals surface area contributed by atoms with Gasteiger partial charge in [-0.3, -0.25) is 14.3 Å². The van der Waals surface area contributed by atoms with Gasteiger partial charge in [-0.25, -0.2) is 9.97 Å². The predicted molar refractivity (Wildman–Crippen MR) is 127 cm³/mol. The van der Waals surface area contributed by atoms with E-state index < -0.39 is 17.7 Å². The van der Waals surface area contributed by atoms with Gasteiger partial charge in [0.05, 0.1) is 17.8 Å². The normalized spacial score (nSPS) is 15.0. The maximum atomic E-state index is 14.4. The predicted octanol–water partition coefficient (Wildman–Crippen LogP) is 5.09. The van der Waals surface area contributed by atoms with E-state index in [0.29, 0.717) is 42.7 Å². The maximum Gasteiger partial charge on any atom is 0.416 e. The number of benzene rings is 1. The molecule has 1 aliphatic heterocycles. The molecule has 0 spiro atoms. The van der Waals surface area contributed by atoms with E-state index in [1.165, 1.54) is 41.4 Å². The Kier molecular flexibility index (Phi) is 6.19. The fourth-order valence-corrected chi connectivity index (χ4v) is 4.97. The third-order valence-electron chi connectivity index (χ3n) is 6.73. The van der Waals surface area contributed by atoms with Crippen LogP contribution in [0.15, 0.2) is 59.8 Å². The van der Waals surface area contributed by atoms with Gasteiger partial charge in [-0.05, 0) is 55.0 Å². The summed E-state index contributed by atoms with van der Waals surface area (Å²) >= 11 is 0. The number of rotatable bonds is 4. The first kappa shape index (κ1) is 23.9. The first-order valence-corrected chi connectivity index (χ1v) is 11.6. The largest absolute Gasteiger partial charge is 0.416 e. The van der Waals surface area contributed by atoms with Crippen LogP contribution in [0.5, 0.6) is 0 Å². The molecule has 0 bridgehead atoms. The zero-order valence-corrected chi connectivity index (χ0v) is 19.5. The molecule has 0 unspecified atom stereocenters. The summed E-state index contributed by atoms with van der Waals surface area (Å²) in [6, 6.07) is 8.66. The van der Waals surface area contributed by atoms with Gasteiger partial charge in [0.1, 0.15) is 5.52 Å². The fourth-order valence-electron chi connectivity index (χ4n) is 4.97. The second kappa shape index (κ2) is 9.33. The van der Waals surface area contributed by atoms with Crippen LogP contribution in [-0.4, -0.2) is 32.6 Å². The van der Waals surface area contributed by atoms with E-state index in [-0.39, 0.29) is 29.2 Å². The molecule has 10 heteroatoms. The van der Waals surface area contributed by atoms with Crippen LogP contribution < -0.4 is 10.5 Å². The summed E-state index contributed by atoms with van der Waals surface area (Å²) in [6.45, 7) is 2.58. The second-order valence-electron chi connectivity index (χ2n) is 8.94. The summed E-state index contributed by atoms with van der Waals surface area (Å²) in [5.41, 5.74) is 1.20. The number of nitrogens with zero attached hydrogens (tertiary/aromatic N) is 5. The number of hydrogen-bond donors (Lipinski definition) is 0. The van der Waals surface area contributed by atoms with Gasteiger partial charge in [0.25, 0.3) is 5.56 Å². The minimum Gasteiger partial charge on any atom is -0.368 e. The Bertz CT molecular complexity index is 1460. The molecule has 1 fully saturated rings. The Morgan fingerprint density at radius 1 is 1.00 bits per heavy atom. The molecule has 1 saturated heterocycles. The summed E-state index contributed by atoms with van der Waals surface area (Å²) in [4.78, 5) is 27.9. The van der Waals surface area contributed by atoms with Gasteiger partial charge in [0.15, 0.2) is 5.65 Å². The van der Waals surface area contributed by atoms with Crippen molar-refractivity contribution in [3.8, 4) is 0 Å². The molecule has 4 aromatic rings. The quantitative estimate of drug-likeness (QED) is 0.291. The second-order valence-corrected chi connectivity index (χ2v) is 8.94. The number of fused-ring (bicyclic) bond motifs is 1. The standard InChI is InChI=1S/C26H23F4N5O/c1-16-6-9-32-23(27)22(16)34-12-7-17(8-13-34)19-14-21-24(33-11-10-31-21)35(25(19)36)15-18-4-2-3-5-20(18)26(28,29)30/h2-6,9-11,14,17H,7-8,12-13,15H2,1H3. The van der Waals surface area contributed by atoms with E-state index >= 15 is 0 Å². The average Bonchev–Trinajstić information content (AvgIpc) is 2.86. The van der Waals surface area contributed by atoms with Gasteiger partial charge < -0.3 is 4.90 Å². The lowest BCUT2D eigenvalue weighted by Gasteiger charge is -2.34. The monoisotopic (exact) mass is 497 g/mol. The van der Waals surface area contributed by atoms with Crippen LogP contribution >= 0.6 is 0 Å². The number of piperidine rings is 1. The topological polar surface area (TPSA) is 63.9 Å². The van der Waals surface area contributed by atoms with Crippen molar-refractivity contribution in [1.29, 1.82) is 0 Å². The Balaban J connectivity index is 1.51. The highest BCUT2D eigenvalue weighted by molar-refractivity contribution is 5.71. The minimum atomic E-state index is -4.55. The van der Waals surface area contributed by atoms with E-state index in [0.717, 1.165) is 11.6 Å². The highest BCUT2D eigenvalue weighted by Gasteiger charge is 2.33. The molecule has 186 valence electrons. The van der Waals surface area contributed by atoms with E-state index in [1.54, 1.807) is 12.1 Å². The highest BCUT2D eigenvalue weighted by Crippen LogP contribution is 2.34. The molecular weight excluding hydrogens is 474 g/mol. The van der Waals surface area contributed by atoms with Crippen LogP contribution in [-0.2, 0) is 12.7 Å². The Hall–Kier alpha value is -3.82. The average molecular weight is 497 g/mol. The van der Waals surface area contributed by atoms with E-state index in [2.05, 4.69) is 15.0 Å². The lowest BCUT2D eigenvalue weighted by Crippen LogP contribution is -2.36. The number of alkyl halides is 3. The number of anilines is 1. The number of hydrogen-bond acceptors (Lipinski definition) is 5. The molecule has 0 radical (unpaired) electrons. The first-order chi connectivity index (χ1) is 17.2. The number of aromatic nitrogens is 4. The van der Waals surface area contributed by atoms with Gasteiger partial charge in [-0.1, -0.05) is 18.2 Å². The fraction of sp³-hybridized carbons (Fsp3) is 0.308. The Morgan fingerprint density at radius 2 is 1.72 bits per heavy atom. The maximum absolute atomic E-state index is 14.4. The molecule has 0 aliphatic carbocycles. The summed E-state index contributed by atoms with van der Waals surface area (Å²) in [6.07, 6.45) is 0.933. The van der Waals surface area contributed by atoms with Gasteiger partial charge in [0, 0.05) is 37.2 Å². The van der Waals surface area contributed by atoms with Gasteiger partial charge in [-0.2, -0.15) is 17.6 Å². The van der Waals surface area contributed by atoms with E-state index in [4.69, 9.17) is 0 Å². The SMILES string of the molecule is Cc1ccnc(F)c1N1CCC(c2cc3nccnc3n(Cc3ccccc3C(F)(F)F)c2=O)CC1. The molecule has 3 aromatic heterocycles. The van der Waals surface area contributed by atoms with Crippen molar-refractivity contribution >= 4 is 16.9 Å². The molecule has 5 rings (SSSR count).